The van der Waals surface area contributed by atoms with Crippen molar-refractivity contribution >= 4 is 11.9 Å². The zero-order valence-corrected chi connectivity index (χ0v) is 18.0. The Balaban J connectivity index is 1.71. The average molecular weight is 422 g/mol. The van der Waals surface area contributed by atoms with Gasteiger partial charge in [0.1, 0.15) is 5.75 Å². The summed E-state index contributed by atoms with van der Waals surface area (Å²) in [6, 6.07) is 2.61. The fourth-order valence-corrected chi connectivity index (χ4v) is 4.57. The minimum Gasteiger partial charge on any atom is -0.496 e. The van der Waals surface area contributed by atoms with Crippen LogP contribution >= 0.6 is 0 Å². The van der Waals surface area contributed by atoms with Crippen LogP contribution in [0.1, 0.15) is 75.6 Å². The quantitative estimate of drug-likeness (QED) is 0.674. The second-order valence-electron chi connectivity index (χ2n) is 8.97. The first kappa shape index (κ1) is 22.4. The van der Waals surface area contributed by atoms with Gasteiger partial charge in [-0.25, -0.2) is 4.39 Å². The highest BCUT2D eigenvalue weighted by Gasteiger charge is 2.38. The molecule has 1 unspecified atom stereocenters. The predicted molar refractivity (Wildman–Crippen MR) is 110 cm³/mol. The van der Waals surface area contributed by atoms with Crippen molar-refractivity contribution < 1.29 is 28.6 Å². The molecule has 2 fully saturated rings. The van der Waals surface area contributed by atoms with Gasteiger partial charge in [0.15, 0.2) is 11.6 Å². The number of carbonyl (C=O) groups is 2. The number of carboxylic acid groups (broad SMARTS) is 1. The molecule has 0 radical (unpaired) electrons. The predicted octanol–water partition coefficient (Wildman–Crippen LogP) is 4.56. The van der Waals surface area contributed by atoms with E-state index < -0.39 is 17.2 Å². The number of amides is 1. The Morgan fingerprint density at radius 3 is 2.37 bits per heavy atom. The molecule has 0 saturated heterocycles. The highest BCUT2D eigenvalue weighted by atomic mass is 19.1. The van der Waals surface area contributed by atoms with Crippen LogP contribution in [0.5, 0.6) is 11.5 Å². The second-order valence-corrected chi connectivity index (χ2v) is 8.97. The lowest BCUT2D eigenvalue weighted by Gasteiger charge is -2.34. The van der Waals surface area contributed by atoms with Gasteiger partial charge in [-0.3, -0.25) is 9.59 Å². The average Bonchev–Trinajstić information content (AvgIpc) is 3.25. The molecule has 0 bridgehead atoms. The van der Waals surface area contributed by atoms with Crippen molar-refractivity contribution in [2.45, 2.75) is 77.4 Å². The molecule has 1 amide bonds. The van der Waals surface area contributed by atoms with E-state index in [-0.39, 0.29) is 35.1 Å². The summed E-state index contributed by atoms with van der Waals surface area (Å²) in [7, 11) is 1.40. The molecule has 1 aromatic carbocycles. The van der Waals surface area contributed by atoms with Crippen molar-refractivity contribution in [1.29, 1.82) is 0 Å². The zero-order chi connectivity index (χ0) is 21.9. The monoisotopic (exact) mass is 421 g/mol. The van der Waals surface area contributed by atoms with Gasteiger partial charge in [-0.1, -0.05) is 12.8 Å². The second kappa shape index (κ2) is 9.23. The first-order valence-corrected chi connectivity index (χ1v) is 10.8. The molecule has 0 aromatic heterocycles. The van der Waals surface area contributed by atoms with Gasteiger partial charge in [-0.15, -0.1) is 0 Å². The molecule has 7 heteroatoms. The number of carbonyl (C=O) groups excluding carboxylic acids is 1. The number of hydrogen-bond acceptors (Lipinski definition) is 4. The lowest BCUT2D eigenvalue weighted by atomic mass is 9.75. The van der Waals surface area contributed by atoms with E-state index in [1.165, 1.54) is 32.1 Å². The summed E-state index contributed by atoms with van der Waals surface area (Å²) >= 11 is 0. The van der Waals surface area contributed by atoms with Gasteiger partial charge in [0.25, 0.3) is 5.91 Å². The summed E-state index contributed by atoms with van der Waals surface area (Å²) < 4.78 is 25.7. The van der Waals surface area contributed by atoms with Crippen LogP contribution < -0.4 is 14.8 Å². The van der Waals surface area contributed by atoms with Gasteiger partial charge >= 0.3 is 5.97 Å². The topological polar surface area (TPSA) is 84.9 Å². The summed E-state index contributed by atoms with van der Waals surface area (Å²) in [5.41, 5.74) is -0.523. The molecule has 30 heavy (non-hydrogen) atoms. The lowest BCUT2D eigenvalue weighted by Crippen LogP contribution is -2.37. The maximum atomic E-state index is 14.6. The molecule has 2 N–H and O–H groups in total. The van der Waals surface area contributed by atoms with Gasteiger partial charge in [-0.05, 0) is 64.4 Å². The first-order valence-electron chi connectivity index (χ1n) is 10.8. The van der Waals surface area contributed by atoms with E-state index in [1.807, 2.05) is 6.92 Å². The summed E-state index contributed by atoms with van der Waals surface area (Å²) in [6.07, 6.45) is 6.28. The van der Waals surface area contributed by atoms with Crippen molar-refractivity contribution in [2.24, 2.45) is 11.3 Å². The number of hydrogen-bond donors (Lipinski definition) is 2. The van der Waals surface area contributed by atoms with Gasteiger partial charge in [0.05, 0.1) is 24.2 Å². The van der Waals surface area contributed by atoms with Crippen LogP contribution in [0.25, 0.3) is 0 Å². The van der Waals surface area contributed by atoms with Crippen LogP contribution in [0.2, 0.25) is 0 Å². The van der Waals surface area contributed by atoms with E-state index in [2.05, 4.69) is 5.32 Å². The van der Waals surface area contributed by atoms with Crippen LogP contribution in [-0.4, -0.2) is 36.2 Å². The fraction of sp³-hybridized carbons (Fsp3) is 0.652. The molecular formula is C23H32FNO5. The summed E-state index contributed by atoms with van der Waals surface area (Å²) in [4.78, 5) is 24.3. The van der Waals surface area contributed by atoms with E-state index in [1.54, 1.807) is 6.92 Å². The van der Waals surface area contributed by atoms with Crippen LogP contribution in [0.15, 0.2) is 12.1 Å². The molecular weight excluding hydrogens is 389 g/mol. The Morgan fingerprint density at radius 2 is 1.80 bits per heavy atom. The normalized spacial score (nSPS) is 25.5. The smallest absolute Gasteiger partial charge is 0.309 e. The van der Waals surface area contributed by atoms with Crippen molar-refractivity contribution in [2.75, 3.05) is 7.11 Å². The number of benzene rings is 1. The van der Waals surface area contributed by atoms with E-state index in [9.17, 15) is 19.1 Å². The fourth-order valence-electron chi connectivity index (χ4n) is 4.57. The van der Waals surface area contributed by atoms with E-state index >= 15 is 0 Å². The number of methoxy groups -OCH3 is 1. The highest BCUT2D eigenvalue weighted by Crippen LogP contribution is 2.38. The number of aliphatic carboxylic acids is 1. The molecule has 1 atom stereocenters. The van der Waals surface area contributed by atoms with Gasteiger partial charge in [-0.2, -0.15) is 0 Å². The van der Waals surface area contributed by atoms with Crippen LogP contribution in [0.3, 0.4) is 0 Å². The maximum Gasteiger partial charge on any atom is 0.309 e. The van der Waals surface area contributed by atoms with Gasteiger partial charge in [0, 0.05) is 12.1 Å². The third-order valence-corrected chi connectivity index (χ3v) is 6.81. The minimum atomic E-state index is -0.813. The Labute approximate surface area is 177 Å². The summed E-state index contributed by atoms with van der Waals surface area (Å²) in [6.45, 7) is 3.73. The van der Waals surface area contributed by atoms with Crippen molar-refractivity contribution in [3.63, 3.8) is 0 Å². The molecule has 2 aliphatic carbocycles. The highest BCUT2D eigenvalue weighted by molar-refractivity contribution is 5.97. The molecule has 1 aromatic rings. The van der Waals surface area contributed by atoms with E-state index in [0.717, 1.165) is 12.8 Å². The third-order valence-electron chi connectivity index (χ3n) is 6.81. The molecule has 0 spiro atoms. The van der Waals surface area contributed by atoms with Crippen molar-refractivity contribution in [1.82, 2.24) is 5.32 Å². The van der Waals surface area contributed by atoms with E-state index in [0.29, 0.717) is 31.6 Å². The Hall–Kier alpha value is -2.31. The zero-order valence-electron chi connectivity index (χ0n) is 18.0. The van der Waals surface area contributed by atoms with Crippen LogP contribution in [-0.2, 0) is 4.79 Å². The number of carboxylic acids is 1. The third kappa shape index (κ3) is 4.87. The summed E-state index contributed by atoms with van der Waals surface area (Å²) in [5.74, 6) is -1.10. The van der Waals surface area contributed by atoms with Crippen molar-refractivity contribution in [3.05, 3.63) is 23.5 Å². The number of ether oxygens (including phenoxy) is 2. The SMILES string of the molecule is COc1cc(F)c(OC2CCC(C)(C(=O)O)CC2)cc1C(=O)NC(C)C1CCCC1. The number of nitrogens with one attached hydrogen (secondary N) is 1. The Kier molecular flexibility index (Phi) is 6.88. The molecule has 2 saturated carbocycles. The molecule has 2 aliphatic rings. The minimum absolute atomic E-state index is 0.00148. The molecule has 3 rings (SSSR count). The largest absolute Gasteiger partial charge is 0.496 e. The molecule has 166 valence electrons. The number of rotatable bonds is 7. The standard InChI is InChI=1S/C23H32FNO5/c1-14(15-6-4-5-7-15)25-21(26)17-12-20(18(24)13-19(17)29-3)30-16-8-10-23(2,11-9-16)22(27)28/h12-16H,4-11H2,1-3H3,(H,25,26)(H,27,28). The number of halogens is 1. The maximum absolute atomic E-state index is 14.6. The first-order chi connectivity index (χ1) is 14.2. The molecule has 0 heterocycles. The Bertz CT molecular complexity index is 782. The molecule has 6 nitrogen and oxygen atoms in total. The van der Waals surface area contributed by atoms with Crippen LogP contribution in [0.4, 0.5) is 4.39 Å². The van der Waals surface area contributed by atoms with Crippen LogP contribution in [0, 0.1) is 17.2 Å². The lowest BCUT2D eigenvalue weighted by molar-refractivity contribution is -0.150. The molecule has 0 aliphatic heterocycles. The Morgan fingerprint density at radius 1 is 1.17 bits per heavy atom. The van der Waals surface area contributed by atoms with Gasteiger partial charge in [0.2, 0.25) is 0 Å². The van der Waals surface area contributed by atoms with Crippen molar-refractivity contribution in [3.8, 4) is 11.5 Å². The van der Waals surface area contributed by atoms with E-state index in [4.69, 9.17) is 9.47 Å². The van der Waals surface area contributed by atoms with Gasteiger partial charge < -0.3 is 19.9 Å². The summed E-state index contributed by atoms with van der Waals surface area (Å²) in [5, 5.41) is 12.4.